The average molecular weight is 454 g/mol. The van der Waals surface area contributed by atoms with Crippen molar-refractivity contribution in [3.05, 3.63) is 59.9 Å². The van der Waals surface area contributed by atoms with Gasteiger partial charge in [-0.25, -0.2) is 9.18 Å². The number of amides is 1. The Hall–Kier alpha value is -3.86. The molecule has 2 aromatic carbocycles. The number of anilines is 2. The summed E-state index contributed by atoms with van der Waals surface area (Å²) < 4.78 is 15.7. The number of rotatable bonds is 5. The molecule has 2 aromatic heterocycles. The van der Waals surface area contributed by atoms with Gasteiger partial charge in [0.05, 0.1) is 16.6 Å². The van der Waals surface area contributed by atoms with Gasteiger partial charge in [-0.15, -0.1) is 0 Å². The Bertz CT molecular complexity index is 1320. The van der Waals surface area contributed by atoms with Gasteiger partial charge in [-0.3, -0.25) is 0 Å². The second kappa shape index (κ2) is 8.00. The van der Waals surface area contributed by atoms with Gasteiger partial charge in [0, 0.05) is 10.3 Å². The molecule has 0 aliphatic carbocycles. The van der Waals surface area contributed by atoms with E-state index in [0.29, 0.717) is 15.4 Å². The number of carbonyl (C=O) groups is 1. The summed E-state index contributed by atoms with van der Waals surface area (Å²) in [5.74, 6) is -0.187. The Kier molecular flexibility index (Phi) is 5.35. The Morgan fingerprint density at radius 3 is 2.38 bits per heavy atom. The highest BCUT2D eigenvalue weighted by Crippen LogP contribution is 2.36. The number of para-hydroxylation sites is 1. The van der Waals surface area contributed by atoms with Crippen molar-refractivity contribution in [2.45, 2.75) is 29.3 Å². The van der Waals surface area contributed by atoms with Crippen LogP contribution in [0.2, 0.25) is 0 Å². The van der Waals surface area contributed by atoms with E-state index in [-0.39, 0.29) is 29.0 Å². The first-order valence-corrected chi connectivity index (χ1v) is 10.3. The molecule has 0 saturated carbocycles. The smallest absolute Gasteiger partial charge is 0.405 e. The van der Waals surface area contributed by atoms with Crippen LogP contribution in [0.5, 0.6) is 0 Å². The van der Waals surface area contributed by atoms with E-state index in [9.17, 15) is 9.18 Å². The maximum atomic E-state index is 14.2. The van der Waals surface area contributed by atoms with Gasteiger partial charge < -0.3 is 21.9 Å². The fraction of sp³-hybridized carbons (Fsp3) is 0.143. The molecular formula is C21H20FN7O2S. The summed E-state index contributed by atoms with van der Waals surface area (Å²) in [5.41, 5.74) is 12.1. The van der Waals surface area contributed by atoms with Gasteiger partial charge in [0.15, 0.2) is 0 Å². The lowest BCUT2D eigenvalue weighted by Gasteiger charge is -2.27. The first-order chi connectivity index (χ1) is 15.2. The van der Waals surface area contributed by atoms with Gasteiger partial charge in [-0.2, -0.15) is 19.7 Å². The Morgan fingerprint density at radius 2 is 1.72 bits per heavy atom. The number of nitrogen functional groups attached to an aromatic ring is 2. The first-order valence-electron chi connectivity index (χ1n) is 9.52. The molecule has 4 rings (SSSR count). The number of aromatic nitrogens is 4. The van der Waals surface area contributed by atoms with Crippen LogP contribution in [0.25, 0.3) is 16.9 Å². The van der Waals surface area contributed by atoms with Gasteiger partial charge in [-0.05, 0) is 32.0 Å². The molecule has 2 heterocycles. The summed E-state index contributed by atoms with van der Waals surface area (Å²) in [7, 11) is 0. The fourth-order valence-electron chi connectivity index (χ4n) is 3.45. The van der Waals surface area contributed by atoms with Crippen LogP contribution in [-0.4, -0.2) is 30.9 Å². The van der Waals surface area contributed by atoms with Crippen LogP contribution in [0.3, 0.4) is 0 Å². The summed E-state index contributed by atoms with van der Waals surface area (Å²) in [6, 6.07) is 13.8. The van der Waals surface area contributed by atoms with E-state index < -0.39 is 11.6 Å². The minimum Gasteiger partial charge on any atom is -0.465 e. The van der Waals surface area contributed by atoms with Crippen LogP contribution in [0.4, 0.5) is 20.8 Å². The van der Waals surface area contributed by atoms with Crippen LogP contribution < -0.4 is 16.8 Å². The SMILES string of the molecule is CC(C)(NC(=O)O)c1c(N)nc(-n2nc(Sc3ccccc3F)c3ccccc32)nc1N. The summed E-state index contributed by atoms with van der Waals surface area (Å²) in [5, 5.41) is 17.4. The number of nitrogens with one attached hydrogen (secondary N) is 1. The van der Waals surface area contributed by atoms with Gasteiger partial charge in [0.1, 0.15) is 22.5 Å². The predicted molar refractivity (Wildman–Crippen MR) is 120 cm³/mol. The largest absolute Gasteiger partial charge is 0.465 e. The first kappa shape index (κ1) is 21.4. The molecular weight excluding hydrogens is 433 g/mol. The number of nitrogens with two attached hydrogens (primary N) is 2. The minimum absolute atomic E-state index is 0.0224. The normalized spacial score (nSPS) is 11.6. The zero-order chi connectivity index (χ0) is 23.0. The molecule has 1 amide bonds. The molecule has 0 aliphatic heterocycles. The molecule has 0 spiro atoms. The van der Waals surface area contributed by atoms with Gasteiger partial charge in [0.2, 0.25) is 0 Å². The second-order valence-electron chi connectivity index (χ2n) is 7.49. The lowest BCUT2D eigenvalue weighted by molar-refractivity contribution is 0.182. The molecule has 0 bridgehead atoms. The monoisotopic (exact) mass is 453 g/mol. The van der Waals surface area contributed by atoms with Gasteiger partial charge >= 0.3 is 6.09 Å². The number of nitrogens with zero attached hydrogens (tertiary/aromatic N) is 4. The molecule has 164 valence electrons. The average Bonchev–Trinajstić information content (AvgIpc) is 3.06. The summed E-state index contributed by atoms with van der Waals surface area (Å²) in [4.78, 5) is 20.2. The van der Waals surface area contributed by atoms with Crippen LogP contribution in [0.1, 0.15) is 19.4 Å². The maximum Gasteiger partial charge on any atom is 0.405 e. The molecule has 0 unspecified atom stereocenters. The number of benzene rings is 2. The highest BCUT2D eigenvalue weighted by atomic mass is 32.2. The number of hydrogen-bond donors (Lipinski definition) is 4. The molecule has 0 radical (unpaired) electrons. The maximum absolute atomic E-state index is 14.2. The van der Waals surface area contributed by atoms with E-state index in [0.717, 1.165) is 5.39 Å². The highest BCUT2D eigenvalue weighted by molar-refractivity contribution is 7.99. The van der Waals surface area contributed by atoms with Crippen LogP contribution in [0, 0.1) is 5.82 Å². The van der Waals surface area contributed by atoms with Crippen molar-refractivity contribution in [3.8, 4) is 5.95 Å². The lowest BCUT2D eigenvalue weighted by Crippen LogP contribution is -2.41. The van der Waals surface area contributed by atoms with E-state index >= 15 is 0 Å². The molecule has 9 nitrogen and oxygen atoms in total. The van der Waals surface area contributed by atoms with Gasteiger partial charge in [-0.1, -0.05) is 42.1 Å². The molecule has 0 fully saturated rings. The third kappa shape index (κ3) is 3.89. The molecule has 0 atom stereocenters. The van der Waals surface area contributed by atoms with Crippen molar-refractivity contribution in [3.63, 3.8) is 0 Å². The van der Waals surface area contributed by atoms with Gasteiger partial charge in [0.25, 0.3) is 5.95 Å². The zero-order valence-electron chi connectivity index (χ0n) is 17.2. The molecule has 11 heteroatoms. The number of halogens is 1. The highest BCUT2D eigenvalue weighted by Gasteiger charge is 2.30. The standard InChI is InChI=1S/C21H20FN7O2S/c1-21(2,27-20(30)31)15-16(23)25-19(26-17(15)24)29-13-9-5-3-7-11(13)18(28-29)32-14-10-6-4-8-12(14)22/h3-10,27H,1-2H3,(H,30,31)(H4,23,24,25,26). The van der Waals surface area contributed by atoms with Crippen molar-refractivity contribution in [2.75, 3.05) is 11.5 Å². The Balaban J connectivity index is 1.82. The van der Waals surface area contributed by atoms with E-state index in [1.165, 1.54) is 22.5 Å². The topological polar surface area (TPSA) is 145 Å². The summed E-state index contributed by atoms with van der Waals surface area (Å²) >= 11 is 1.18. The second-order valence-corrected chi connectivity index (χ2v) is 8.52. The van der Waals surface area contributed by atoms with Crippen molar-refractivity contribution in [1.29, 1.82) is 0 Å². The molecule has 0 aliphatic rings. The number of carboxylic acid groups (broad SMARTS) is 1. The zero-order valence-corrected chi connectivity index (χ0v) is 18.0. The van der Waals surface area contributed by atoms with E-state index in [2.05, 4.69) is 20.4 Å². The van der Waals surface area contributed by atoms with Crippen LogP contribution >= 0.6 is 11.8 Å². The van der Waals surface area contributed by atoms with Crippen molar-refractivity contribution < 1.29 is 14.3 Å². The predicted octanol–water partition coefficient (Wildman–Crippen LogP) is 3.77. The Morgan fingerprint density at radius 1 is 1.09 bits per heavy atom. The third-order valence-electron chi connectivity index (χ3n) is 4.78. The third-order valence-corrected chi connectivity index (χ3v) is 5.83. The molecule has 0 saturated heterocycles. The molecule has 6 N–H and O–H groups in total. The van der Waals surface area contributed by atoms with Crippen molar-refractivity contribution in [1.82, 2.24) is 25.1 Å². The van der Waals surface area contributed by atoms with Crippen molar-refractivity contribution >= 4 is 40.4 Å². The summed E-state index contributed by atoms with van der Waals surface area (Å²) in [6.07, 6.45) is -1.23. The minimum atomic E-state index is -1.23. The summed E-state index contributed by atoms with van der Waals surface area (Å²) in [6.45, 7) is 3.22. The number of hydrogen-bond acceptors (Lipinski definition) is 7. The van der Waals surface area contributed by atoms with E-state index in [1.54, 1.807) is 32.0 Å². The molecule has 32 heavy (non-hydrogen) atoms. The number of fused-ring (bicyclic) bond motifs is 1. The quantitative estimate of drug-likeness (QED) is 0.357. The van der Waals surface area contributed by atoms with Crippen molar-refractivity contribution in [2.24, 2.45) is 0 Å². The fourth-order valence-corrected chi connectivity index (χ4v) is 4.37. The Labute approximate surface area is 186 Å². The van der Waals surface area contributed by atoms with E-state index in [4.69, 9.17) is 16.6 Å². The lowest BCUT2D eigenvalue weighted by atomic mass is 9.95. The molecule has 4 aromatic rings. The van der Waals surface area contributed by atoms with E-state index in [1.807, 2.05) is 24.3 Å². The van der Waals surface area contributed by atoms with Crippen LogP contribution in [0.15, 0.2) is 58.5 Å². The van der Waals surface area contributed by atoms with Crippen LogP contribution in [-0.2, 0) is 5.54 Å².